The fraction of sp³-hybridized carbons (Fsp3) is 0.773. The average molecular weight is 454 g/mol. The summed E-state index contributed by atoms with van der Waals surface area (Å²) in [5, 5.41) is 3.73. The Hall–Kier alpha value is -1.28. The third-order valence-electron chi connectivity index (χ3n) is 5.97. The number of carbonyl (C=O) groups is 2. The molecule has 0 spiro atoms. The lowest BCUT2D eigenvalue weighted by molar-refractivity contribution is -0.142. The summed E-state index contributed by atoms with van der Waals surface area (Å²) in [4.78, 5) is 31.4. The molecule has 0 unspecified atom stereocenters. The zero-order valence-corrected chi connectivity index (χ0v) is 19.7. The van der Waals surface area contributed by atoms with Gasteiger partial charge in [-0.25, -0.2) is 9.78 Å². The summed E-state index contributed by atoms with van der Waals surface area (Å²) in [6.45, 7) is 2.23. The topological polar surface area (TPSA) is 71.5 Å². The number of thiazole rings is 1. The molecule has 0 aromatic carbocycles. The first-order chi connectivity index (χ1) is 14.7. The SMILES string of the molecule is CCOC(=O)CCSc1cnc(NC(=O)N(C2CCCCCC2)C2CCCCC2)s1. The van der Waals surface area contributed by atoms with Crippen molar-refractivity contribution in [2.45, 2.75) is 100 Å². The van der Waals surface area contributed by atoms with Crippen LogP contribution in [0.1, 0.15) is 84.0 Å². The van der Waals surface area contributed by atoms with Crippen molar-refractivity contribution in [2.75, 3.05) is 17.7 Å². The van der Waals surface area contributed by atoms with Gasteiger partial charge >= 0.3 is 12.0 Å². The van der Waals surface area contributed by atoms with E-state index in [1.165, 1.54) is 56.3 Å². The van der Waals surface area contributed by atoms with Gasteiger partial charge in [-0.05, 0) is 32.6 Å². The van der Waals surface area contributed by atoms with Gasteiger partial charge in [0, 0.05) is 17.8 Å². The zero-order chi connectivity index (χ0) is 21.2. The molecule has 0 radical (unpaired) electrons. The molecule has 1 heterocycles. The van der Waals surface area contributed by atoms with E-state index < -0.39 is 0 Å². The minimum Gasteiger partial charge on any atom is -0.466 e. The lowest BCUT2D eigenvalue weighted by Gasteiger charge is -2.39. The number of esters is 1. The Morgan fingerprint density at radius 2 is 1.70 bits per heavy atom. The molecule has 2 aliphatic rings. The Bertz CT molecular complexity index is 668. The Labute approximate surface area is 188 Å². The number of nitrogens with one attached hydrogen (secondary N) is 1. The first-order valence-corrected chi connectivity index (χ1v) is 13.3. The lowest BCUT2D eigenvalue weighted by Crippen LogP contribution is -2.49. The van der Waals surface area contributed by atoms with Crippen LogP contribution in [-0.4, -0.2) is 46.3 Å². The number of hydrogen-bond donors (Lipinski definition) is 1. The van der Waals surface area contributed by atoms with Crippen LogP contribution in [-0.2, 0) is 9.53 Å². The maximum absolute atomic E-state index is 13.3. The summed E-state index contributed by atoms with van der Waals surface area (Å²) < 4.78 is 5.97. The molecule has 1 aromatic rings. The predicted molar refractivity (Wildman–Crippen MR) is 123 cm³/mol. The fourth-order valence-electron chi connectivity index (χ4n) is 4.53. The summed E-state index contributed by atoms with van der Waals surface area (Å²) in [5.41, 5.74) is 0. The van der Waals surface area contributed by atoms with Gasteiger partial charge < -0.3 is 9.64 Å². The van der Waals surface area contributed by atoms with Gasteiger partial charge in [0.05, 0.1) is 23.4 Å². The van der Waals surface area contributed by atoms with Crippen molar-refractivity contribution in [3.05, 3.63) is 6.20 Å². The molecule has 0 atom stereocenters. The number of amides is 2. The van der Waals surface area contributed by atoms with Gasteiger partial charge in [0.25, 0.3) is 0 Å². The van der Waals surface area contributed by atoms with Crippen LogP contribution in [0.25, 0.3) is 0 Å². The highest BCUT2D eigenvalue weighted by Crippen LogP contribution is 2.32. The summed E-state index contributed by atoms with van der Waals surface area (Å²) >= 11 is 3.06. The van der Waals surface area contributed by atoms with E-state index in [0.717, 1.165) is 29.9 Å². The highest BCUT2D eigenvalue weighted by molar-refractivity contribution is 8.01. The largest absolute Gasteiger partial charge is 0.466 e. The first-order valence-electron chi connectivity index (χ1n) is 11.5. The maximum Gasteiger partial charge on any atom is 0.324 e. The van der Waals surface area contributed by atoms with Crippen LogP contribution in [0.15, 0.2) is 10.4 Å². The molecule has 0 bridgehead atoms. The number of thioether (sulfide) groups is 1. The maximum atomic E-state index is 13.3. The smallest absolute Gasteiger partial charge is 0.324 e. The second kappa shape index (κ2) is 12.5. The van der Waals surface area contributed by atoms with Gasteiger partial charge in [0.1, 0.15) is 0 Å². The lowest BCUT2D eigenvalue weighted by atomic mass is 9.92. The zero-order valence-electron chi connectivity index (χ0n) is 18.1. The molecule has 0 aliphatic heterocycles. The number of rotatable bonds is 8. The summed E-state index contributed by atoms with van der Waals surface area (Å²) in [5.74, 6) is 0.486. The summed E-state index contributed by atoms with van der Waals surface area (Å²) in [6, 6.07) is 0.737. The molecule has 8 heteroatoms. The van der Waals surface area contributed by atoms with Crippen LogP contribution in [0.2, 0.25) is 0 Å². The average Bonchev–Trinajstić information content (AvgIpc) is 3.01. The number of carbonyl (C=O) groups excluding carboxylic acids is 2. The molecular formula is C22H35N3O3S2. The van der Waals surface area contributed by atoms with Crippen LogP contribution in [0, 0.1) is 0 Å². The van der Waals surface area contributed by atoms with E-state index in [9.17, 15) is 9.59 Å². The third-order valence-corrected chi connectivity index (χ3v) is 8.08. The molecule has 2 aliphatic carbocycles. The second-order valence-electron chi connectivity index (χ2n) is 8.16. The van der Waals surface area contributed by atoms with Crippen LogP contribution in [0.5, 0.6) is 0 Å². The fourth-order valence-corrected chi connectivity index (χ4v) is 6.39. The van der Waals surface area contributed by atoms with Crippen molar-refractivity contribution in [2.24, 2.45) is 0 Å². The normalized spacial score (nSPS) is 18.6. The van der Waals surface area contributed by atoms with E-state index in [-0.39, 0.29) is 12.0 Å². The van der Waals surface area contributed by atoms with Gasteiger partial charge in [0.2, 0.25) is 0 Å². The minimum absolute atomic E-state index is 0.0197. The van der Waals surface area contributed by atoms with Crippen molar-refractivity contribution in [1.82, 2.24) is 9.88 Å². The van der Waals surface area contributed by atoms with Crippen LogP contribution < -0.4 is 5.32 Å². The third kappa shape index (κ3) is 7.15. The van der Waals surface area contributed by atoms with Crippen molar-refractivity contribution in [3.63, 3.8) is 0 Å². The number of anilines is 1. The molecular weight excluding hydrogens is 418 g/mol. The van der Waals surface area contributed by atoms with Crippen LogP contribution in [0.4, 0.5) is 9.93 Å². The molecule has 1 aromatic heterocycles. The Balaban J connectivity index is 1.58. The van der Waals surface area contributed by atoms with Gasteiger partial charge in [-0.15, -0.1) is 11.8 Å². The molecule has 30 heavy (non-hydrogen) atoms. The Kier molecular flexibility index (Phi) is 9.78. The predicted octanol–water partition coefficient (Wildman–Crippen LogP) is 6.08. The van der Waals surface area contributed by atoms with E-state index in [1.54, 1.807) is 18.0 Å². The summed E-state index contributed by atoms with van der Waals surface area (Å²) in [6.07, 6.45) is 15.4. The van der Waals surface area contributed by atoms with Gasteiger partial charge in [-0.1, -0.05) is 56.3 Å². The minimum atomic E-state index is -0.172. The molecule has 2 saturated carbocycles. The number of hydrogen-bond acceptors (Lipinski definition) is 6. The standard InChI is InChI=1S/C22H35N3O3S2/c1-2-28-19(26)14-15-29-20-16-23-21(30-20)24-22(27)25(18-12-8-5-9-13-18)17-10-6-3-4-7-11-17/h16-18H,2-15H2,1H3,(H,23,24,27). The monoisotopic (exact) mass is 453 g/mol. The van der Waals surface area contributed by atoms with Crippen molar-refractivity contribution in [1.29, 1.82) is 0 Å². The van der Waals surface area contributed by atoms with Crippen molar-refractivity contribution >= 4 is 40.2 Å². The molecule has 1 N–H and O–H groups in total. The number of nitrogens with zero attached hydrogens (tertiary/aromatic N) is 2. The van der Waals surface area contributed by atoms with E-state index in [2.05, 4.69) is 15.2 Å². The van der Waals surface area contributed by atoms with Crippen LogP contribution in [0.3, 0.4) is 0 Å². The molecule has 168 valence electrons. The van der Waals surface area contributed by atoms with Gasteiger partial charge in [-0.3, -0.25) is 10.1 Å². The van der Waals surface area contributed by atoms with Crippen LogP contribution >= 0.6 is 23.1 Å². The van der Waals surface area contributed by atoms with Crippen molar-refractivity contribution < 1.29 is 14.3 Å². The Morgan fingerprint density at radius 1 is 1.10 bits per heavy atom. The molecule has 3 rings (SSSR count). The molecule has 2 amide bonds. The van der Waals surface area contributed by atoms with Gasteiger partial charge in [-0.2, -0.15) is 0 Å². The Morgan fingerprint density at radius 3 is 2.30 bits per heavy atom. The highest BCUT2D eigenvalue weighted by atomic mass is 32.2. The molecule has 6 nitrogen and oxygen atoms in total. The highest BCUT2D eigenvalue weighted by Gasteiger charge is 2.32. The first kappa shape index (κ1) is 23.4. The van der Waals surface area contributed by atoms with E-state index in [1.807, 2.05) is 6.92 Å². The number of urea groups is 1. The van der Waals surface area contributed by atoms with E-state index >= 15 is 0 Å². The number of aromatic nitrogens is 1. The van der Waals surface area contributed by atoms with E-state index in [0.29, 0.717) is 36.0 Å². The second-order valence-corrected chi connectivity index (χ2v) is 10.6. The molecule has 2 fully saturated rings. The number of ether oxygens (including phenoxy) is 1. The summed E-state index contributed by atoms with van der Waals surface area (Å²) in [7, 11) is 0. The van der Waals surface area contributed by atoms with Gasteiger partial charge in [0.15, 0.2) is 5.13 Å². The van der Waals surface area contributed by atoms with E-state index in [4.69, 9.17) is 4.74 Å². The molecule has 0 saturated heterocycles. The quantitative estimate of drug-likeness (QED) is 0.293. The van der Waals surface area contributed by atoms with Crippen molar-refractivity contribution in [3.8, 4) is 0 Å².